The summed E-state index contributed by atoms with van der Waals surface area (Å²) in [5.74, 6) is 0.542. The first-order valence-electron chi connectivity index (χ1n) is 11.4. The number of halogens is 2. The molecule has 0 saturated heterocycles. The minimum absolute atomic E-state index is 0.173. The lowest BCUT2D eigenvalue weighted by Gasteiger charge is -2.28. The molecule has 4 nitrogen and oxygen atoms in total. The van der Waals surface area contributed by atoms with E-state index in [-0.39, 0.29) is 11.7 Å². The number of aromatic nitrogens is 3. The van der Waals surface area contributed by atoms with Crippen LogP contribution in [0.15, 0.2) is 79.1 Å². The number of H-pyrrole nitrogens is 1. The van der Waals surface area contributed by atoms with Gasteiger partial charge in [0.1, 0.15) is 5.82 Å². The highest BCUT2D eigenvalue weighted by Gasteiger charge is 2.28. The van der Waals surface area contributed by atoms with E-state index < -0.39 is 0 Å². The Balaban J connectivity index is 1.25. The zero-order valence-corrected chi connectivity index (χ0v) is 19.1. The standard InChI is InChI=1S/C28H22ClFN4/c29-25-8-4-3-6-22(25)24-13-18-16-33-28(34-27(18)23-7-2-1-5-21(23)24)31-12-11-17-15-32-26-14-19(30)9-10-20(17)26/h1-10,14-16,24,32H,11-13H2,(H,31,33,34). The van der Waals surface area contributed by atoms with Crippen molar-refractivity contribution in [2.45, 2.75) is 18.8 Å². The van der Waals surface area contributed by atoms with Crippen molar-refractivity contribution >= 4 is 28.5 Å². The average Bonchev–Trinajstić information content (AvgIpc) is 3.26. The van der Waals surface area contributed by atoms with Crippen molar-refractivity contribution in [2.24, 2.45) is 0 Å². The topological polar surface area (TPSA) is 53.6 Å². The van der Waals surface area contributed by atoms with Crippen LogP contribution in [0.4, 0.5) is 10.3 Å². The Morgan fingerprint density at radius 1 is 1.03 bits per heavy atom. The number of nitrogens with one attached hydrogen (secondary N) is 2. The number of aromatic amines is 1. The Morgan fingerprint density at radius 2 is 1.85 bits per heavy atom. The van der Waals surface area contributed by atoms with E-state index in [2.05, 4.69) is 39.6 Å². The maximum absolute atomic E-state index is 13.4. The van der Waals surface area contributed by atoms with Crippen molar-refractivity contribution in [2.75, 3.05) is 11.9 Å². The van der Waals surface area contributed by atoms with Crippen LogP contribution in [0.1, 0.15) is 28.2 Å². The smallest absolute Gasteiger partial charge is 0.223 e. The minimum atomic E-state index is -0.237. The summed E-state index contributed by atoms with van der Waals surface area (Å²) < 4.78 is 13.4. The molecule has 6 heteroatoms. The van der Waals surface area contributed by atoms with Crippen LogP contribution in [-0.2, 0) is 12.8 Å². The molecule has 6 rings (SSSR count). The van der Waals surface area contributed by atoms with Gasteiger partial charge in [-0.3, -0.25) is 0 Å². The molecule has 0 bridgehead atoms. The van der Waals surface area contributed by atoms with E-state index in [0.717, 1.165) is 56.7 Å². The van der Waals surface area contributed by atoms with Crippen LogP contribution in [0.2, 0.25) is 5.02 Å². The van der Waals surface area contributed by atoms with Crippen molar-refractivity contribution in [3.8, 4) is 11.3 Å². The van der Waals surface area contributed by atoms with Crippen molar-refractivity contribution in [3.05, 3.63) is 112 Å². The van der Waals surface area contributed by atoms with Gasteiger partial charge >= 0.3 is 0 Å². The van der Waals surface area contributed by atoms with E-state index in [0.29, 0.717) is 12.5 Å². The first-order chi connectivity index (χ1) is 16.7. The Hall–Kier alpha value is -3.70. The molecule has 5 aromatic rings. The number of fused-ring (bicyclic) bond motifs is 4. The predicted molar refractivity (Wildman–Crippen MR) is 135 cm³/mol. The SMILES string of the molecule is Fc1ccc2c(CCNc3ncc4c(n3)-c3ccccc3C(c3ccccc3Cl)C4)c[nH]c2c1. The summed E-state index contributed by atoms with van der Waals surface area (Å²) in [7, 11) is 0. The van der Waals surface area contributed by atoms with Gasteiger partial charge in [-0.05, 0) is 59.4 Å². The monoisotopic (exact) mass is 468 g/mol. The van der Waals surface area contributed by atoms with Crippen LogP contribution >= 0.6 is 11.6 Å². The van der Waals surface area contributed by atoms with Crippen LogP contribution in [0.3, 0.4) is 0 Å². The van der Waals surface area contributed by atoms with Gasteiger partial charge in [-0.15, -0.1) is 0 Å². The summed E-state index contributed by atoms with van der Waals surface area (Å²) in [5.41, 5.74) is 7.52. The first kappa shape index (κ1) is 20.9. The number of rotatable bonds is 5. The lowest BCUT2D eigenvalue weighted by Crippen LogP contribution is -2.16. The van der Waals surface area contributed by atoms with Crippen LogP contribution < -0.4 is 5.32 Å². The normalized spacial score (nSPS) is 14.6. The van der Waals surface area contributed by atoms with Crippen LogP contribution in [0.5, 0.6) is 0 Å². The molecule has 1 aliphatic rings. The molecule has 2 N–H and O–H groups in total. The Morgan fingerprint density at radius 3 is 2.74 bits per heavy atom. The Labute approximate surface area is 201 Å². The summed E-state index contributed by atoms with van der Waals surface area (Å²) in [6.07, 6.45) is 5.45. The highest BCUT2D eigenvalue weighted by molar-refractivity contribution is 6.31. The molecule has 0 spiro atoms. The molecule has 2 heterocycles. The Bertz CT molecular complexity index is 1510. The molecule has 1 unspecified atom stereocenters. The second-order valence-electron chi connectivity index (χ2n) is 8.61. The lowest BCUT2D eigenvalue weighted by molar-refractivity contribution is 0.629. The molecular weight excluding hydrogens is 447 g/mol. The fourth-order valence-electron chi connectivity index (χ4n) is 4.93. The molecule has 1 atom stereocenters. The molecule has 0 saturated carbocycles. The van der Waals surface area contributed by atoms with E-state index in [9.17, 15) is 4.39 Å². The first-order valence-corrected chi connectivity index (χ1v) is 11.7. The Kier molecular flexibility index (Phi) is 5.27. The highest BCUT2D eigenvalue weighted by atomic mass is 35.5. The van der Waals surface area contributed by atoms with Gasteiger partial charge in [-0.1, -0.05) is 54.1 Å². The maximum Gasteiger partial charge on any atom is 0.223 e. The number of hydrogen-bond donors (Lipinski definition) is 2. The summed E-state index contributed by atoms with van der Waals surface area (Å²) in [6.45, 7) is 0.674. The van der Waals surface area contributed by atoms with Gasteiger partial charge in [0.2, 0.25) is 5.95 Å². The lowest BCUT2D eigenvalue weighted by atomic mass is 9.78. The summed E-state index contributed by atoms with van der Waals surface area (Å²) in [5, 5.41) is 5.18. The van der Waals surface area contributed by atoms with Crippen molar-refractivity contribution < 1.29 is 4.39 Å². The van der Waals surface area contributed by atoms with Crippen LogP contribution in [-0.4, -0.2) is 21.5 Å². The molecule has 34 heavy (non-hydrogen) atoms. The molecule has 0 radical (unpaired) electrons. The van der Waals surface area contributed by atoms with Gasteiger partial charge < -0.3 is 10.3 Å². The highest BCUT2D eigenvalue weighted by Crippen LogP contribution is 2.43. The predicted octanol–water partition coefficient (Wildman–Crippen LogP) is 6.76. The molecule has 1 aliphatic carbocycles. The molecule has 3 aromatic carbocycles. The van der Waals surface area contributed by atoms with Gasteiger partial charge in [-0.25, -0.2) is 14.4 Å². The van der Waals surface area contributed by atoms with Crippen molar-refractivity contribution in [1.82, 2.24) is 15.0 Å². The molecule has 2 aromatic heterocycles. The second-order valence-corrected chi connectivity index (χ2v) is 9.02. The number of nitrogens with zero attached hydrogens (tertiary/aromatic N) is 2. The third kappa shape index (κ3) is 3.72. The van der Waals surface area contributed by atoms with E-state index in [1.807, 2.05) is 42.7 Å². The molecule has 168 valence electrons. The largest absolute Gasteiger partial charge is 0.361 e. The summed E-state index contributed by atoms with van der Waals surface area (Å²) in [6, 6.07) is 21.3. The van der Waals surface area contributed by atoms with Gasteiger partial charge in [0, 0.05) is 46.3 Å². The fourth-order valence-corrected chi connectivity index (χ4v) is 5.20. The number of anilines is 1. The zero-order chi connectivity index (χ0) is 23.1. The zero-order valence-electron chi connectivity index (χ0n) is 18.4. The number of benzene rings is 3. The van der Waals surface area contributed by atoms with Crippen molar-refractivity contribution in [1.29, 1.82) is 0 Å². The third-order valence-electron chi connectivity index (χ3n) is 6.57. The molecule has 0 aliphatic heterocycles. The van der Waals surface area contributed by atoms with Gasteiger partial charge in [0.25, 0.3) is 0 Å². The van der Waals surface area contributed by atoms with E-state index >= 15 is 0 Å². The second kappa shape index (κ2) is 8.58. The third-order valence-corrected chi connectivity index (χ3v) is 6.91. The maximum atomic E-state index is 13.4. The van der Waals surface area contributed by atoms with E-state index in [1.165, 1.54) is 17.7 Å². The quantitative estimate of drug-likeness (QED) is 0.299. The van der Waals surface area contributed by atoms with Crippen molar-refractivity contribution in [3.63, 3.8) is 0 Å². The van der Waals surface area contributed by atoms with Gasteiger partial charge in [0.15, 0.2) is 0 Å². The molecular formula is C28H22ClFN4. The van der Waals surface area contributed by atoms with E-state index in [1.54, 1.807) is 0 Å². The summed E-state index contributed by atoms with van der Waals surface area (Å²) >= 11 is 6.56. The van der Waals surface area contributed by atoms with Gasteiger partial charge in [0.05, 0.1) is 5.69 Å². The fraction of sp³-hybridized carbons (Fsp3) is 0.143. The minimum Gasteiger partial charge on any atom is -0.361 e. The van der Waals surface area contributed by atoms with Crippen LogP contribution in [0.25, 0.3) is 22.2 Å². The summed E-state index contributed by atoms with van der Waals surface area (Å²) in [4.78, 5) is 12.6. The number of hydrogen-bond acceptors (Lipinski definition) is 3. The van der Waals surface area contributed by atoms with Crippen LogP contribution in [0, 0.1) is 5.82 Å². The van der Waals surface area contributed by atoms with Gasteiger partial charge in [-0.2, -0.15) is 0 Å². The average molecular weight is 469 g/mol. The molecule has 0 fully saturated rings. The van der Waals surface area contributed by atoms with E-state index in [4.69, 9.17) is 16.6 Å². The molecule has 0 amide bonds.